The van der Waals surface area contributed by atoms with Crippen LogP contribution >= 0.6 is 0 Å². The highest BCUT2D eigenvalue weighted by Gasteiger charge is 2.31. The van der Waals surface area contributed by atoms with E-state index in [1.165, 1.54) is 5.57 Å². The zero-order chi connectivity index (χ0) is 14.7. The lowest BCUT2D eigenvalue weighted by atomic mass is 9.76. The van der Waals surface area contributed by atoms with Crippen molar-refractivity contribution in [2.45, 2.75) is 65.3 Å². The molecule has 0 aliphatic heterocycles. The van der Waals surface area contributed by atoms with Gasteiger partial charge in [-0.05, 0) is 65.6 Å². The molecule has 1 heteroatoms. The molecule has 2 atom stereocenters. The Balaban J connectivity index is 2.85. The number of hydrogen-bond donors (Lipinski definition) is 1. The fourth-order valence-electron chi connectivity index (χ4n) is 2.18. The first-order valence-electron chi connectivity index (χ1n) is 7.68. The van der Waals surface area contributed by atoms with Crippen molar-refractivity contribution >= 4 is 0 Å². The highest BCUT2D eigenvalue weighted by Crippen LogP contribution is 2.34. The number of hydrogen-bond acceptors (Lipinski definition) is 1. The summed E-state index contributed by atoms with van der Waals surface area (Å²) in [5.74, 6) is -0.158. The summed E-state index contributed by atoms with van der Waals surface area (Å²) >= 11 is 0. The van der Waals surface area contributed by atoms with Crippen molar-refractivity contribution in [1.29, 1.82) is 0 Å². The monoisotopic (exact) mass is 225 g/mol. The van der Waals surface area contributed by atoms with Gasteiger partial charge in [-0.3, -0.25) is 0 Å². The molecule has 92 valence electrons. The molecule has 0 heterocycles. The summed E-state index contributed by atoms with van der Waals surface area (Å²) in [7, 11) is 0. The van der Waals surface area contributed by atoms with Gasteiger partial charge in [-0.2, -0.15) is 0 Å². The van der Waals surface area contributed by atoms with E-state index in [2.05, 4.69) is 13.0 Å². The van der Waals surface area contributed by atoms with E-state index in [4.69, 9.17) is 4.11 Å². The fourth-order valence-corrected chi connectivity index (χ4v) is 2.18. The quantitative estimate of drug-likeness (QED) is 0.710. The van der Waals surface area contributed by atoms with E-state index in [9.17, 15) is 5.11 Å². The first-order chi connectivity index (χ1) is 8.67. The smallest absolute Gasteiger partial charge is 0.0653 e. The van der Waals surface area contributed by atoms with E-state index in [0.717, 1.165) is 18.4 Å². The van der Waals surface area contributed by atoms with Gasteiger partial charge in [-0.15, -0.1) is 0 Å². The van der Waals surface area contributed by atoms with Gasteiger partial charge in [0.05, 0.1) is 5.60 Å². The normalized spacial score (nSPS) is 28.1. The second-order valence-electron chi connectivity index (χ2n) is 5.27. The fraction of sp³-hybridized carbons (Fsp3) is 0.733. The molecule has 1 aliphatic carbocycles. The summed E-state index contributed by atoms with van der Waals surface area (Å²) in [6.07, 6.45) is 7.35. The molecule has 0 fully saturated rings. The van der Waals surface area contributed by atoms with Crippen molar-refractivity contribution in [3.63, 3.8) is 0 Å². The third-order valence-electron chi connectivity index (χ3n) is 3.39. The molecule has 1 aliphatic rings. The van der Waals surface area contributed by atoms with Crippen molar-refractivity contribution in [2.24, 2.45) is 5.92 Å². The highest BCUT2D eigenvalue weighted by molar-refractivity contribution is 5.06. The Hall–Kier alpha value is -0.560. The molecule has 0 radical (unpaired) electrons. The lowest BCUT2D eigenvalue weighted by Crippen LogP contribution is -2.35. The van der Waals surface area contributed by atoms with Crippen molar-refractivity contribution < 1.29 is 9.22 Å². The summed E-state index contributed by atoms with van der Waals surface area (Å²) in [5, 5.41) is 10.8. The van der Waals surface area contributed by atoms with Crippen LogP contribution in [0.15, 0.2) is 23.3 Å². The van der Waals surface area contributed by atoms with Crippen LogP contribution in [0, 0.1) is 5.92 Å². The van der Waals surface area contributed by atoms with Gasteiger partial charge < -0.3 is 5.11 Å². The minimum atomic E-state index is -2.31. The molecule has 16 heavy (non-hydrogen) atoms. The van der Waals surface area contributed by atoms with E-state index < -0.39 is 12.5 Å². The molecule has 0 saturated heterocycles. The molecule has 0 aromatic heterocycles. The molecule has 1 rings (SSSR count). The summed E-state index contributed by atoms with van der Waals surface area (Å²) in [6, 6.07) is 0. The summed E-state index contributed by atoms with van der Waals surface area (Å²) in [6.45, 7) is 3.72. The van der Waals surface area contributed by atoms with E-state index in [0.29, 0.717) is 19.3 Å². The maximum atomic E-state index is 10.8. The van der Waals surface area contributed by atoms with E-state index in [1.54, 1.807) is 0 Å². The lowest BCUT2D eigenvalue weighted by molar-refractivity contribution is -0.0122. The Labute approximate surface area is 104 Å². The first kappa shape index (κ1) is 9.47. The largest absolute Gasteiger partial charge is 0.390 e. The third kappa shape index (κ3) is 4.13. The van der Waals surface area contributed by atoms with Crippen LogP contribution in [-0.4, -0.2) is 10.7 Å². The zero-order valence-electron chi connectivity index (χ0n) is 13.7. The van der Waals surface area contributed by atoms with Crippen LogP contribution < -0.4 is 0 Å². The van der Waals surface area contributed by atoms with Gasteiger partial charge in [0.15, 0.2) is 0 Å². The van der Waals surface area contributed by atoms with Crippen LogP contribution in [0.25, 0.3) is 0 Å². The maximum absolute atomic E-state index is 10.8. The molecule has 0 aromatic rings. The van der Waals surface area contributed by atoms with Gasteiger partial charge >= 0.3 is 0 Å². The molecular weight excluding hydrogens is 196 g/mol. The topological polar surface area (TPSA) is 20.2 Å². The van der Waals surface area contributed by atoms with Crippen molar-refractivity contribution in [1.82, 2.24) is 0 Å². The van der Waals surface area contributed by atoms with Crippen LogP contribution in [0.2, 0.25) is 0 Å². The SMILES string of the molecule is [2H]C([2H])([2H])[C@@](O)(CCC=C(C)C)[C@H]1CC=C(C)CC1. The predicted molar refractivity (Wildman–Crippen MR) is 70.4 cm³/mol. The summed E-state index contributed by atoms with van der Waals surface area (Å²) in [5.41, 5.74) is 0.900. The molecule has 1 nitrogen and oxygen atoms in total. The summed E-state index contributed by atoms with van der Waals surface area (Å²) in [4.78, 5) is 0. The van der Waals surface area contributed by atoms with Gasteiger partial charge in [0.1, 0.15) is 0 Å². The van der Waals surface area contributed by atoms with E-state index in [-0.39, 0.29) is 5.92 Å². The van der Waals surface area contributed by atoms with Crippen LogP contribution in [0.5, 0.6) is 0 Å². The van der Waals surface area contributed by atoms with Crippen molar-refractivity contribution in [3.8, 4) is 0 Å². The molecule has 0 saturated carbocycles. The van der Waals surface area contributed by atoms with Crippen LogP contribution in [0.4, 0.5) is 0 Å². The molecule has 0 amide bonds. The Morgan fingerprint density at radius 2 is 2.44 bits per heavy atom. The lowest BCUT2D eigenvalue weighted by Gasteiger charge is -2.34. The van der Waals surface area contributed by atoms with Gasteiger partial charge in [0, 0.05) is 4.11 Å². The minimum absolute atomic E-state index is 0.158. The van der Waals surface area contributed by atoms with Crippen LogP contribution in [0.3, 0.4) is 0 Å². The van der Waals surface area contributed by atoms with Crippen molar-refractivity contribution in [2.75, 3.05) is 0 Å². The Morgan fingerprint density at radius 1 is 1.69 bits per heavy atom. The van der Waals surface area contributed by atoms with Gasteiger partial charge in [0.2, 0.25) is 0 Å². The minimum Gasteiger partial charge on any atom is -0.390 e. The van der Waals surface area contributed by atoms with Gasteiger partial charge in [-0.25, -0.2) is 0 Å². The number of rotatable bonds is 4. The molecule has 1 N–H and O–H groups in total. The first-order valence-corrected chi connectivity index (χ1v) is 6.18. The van der Waals surface area contributed by atoms with Crippen LogP contribution in [0.1, 0.15) is 63.8 Å². The average Bonchev–Trinajstić information content (AvgIpc) is 2.27. The second-order valence-corrected chi connectivity index (χ2v) is 5.27. The molecule has 0 aromatic carbocycles. The van der Waals surface area contributed by atoms with Gasteiger partial charge in [0.25, 0.3) is 0 Å². The molecule has 0 bridgehead atoms. The van der Waals surface area contributed by atoms with Gasteiger partial charge in [-0.1, -0.05) is 23.3 Å². The second kappa shape index (κ2) is 5.67. The Kier molecular flexibility index (Phi) is 3.36. The molecular formula is C15H26O. The molecule has 0 spiro atoms. The van der Waals surface area contributed by atoms with E-state index in [1.807, 2.05) is 19.9 Å². The van der Waals surface area contributed by atoms with E-state index >= 15 is 0 Å². The number of allylic oxidation sites excluding steroid dienone is 4. The highest BCUT2D eigenvalue weighted by atomic mass is 16.3. The van der Waals surface area contributed by atoms with Crippen LogP contribution in [-0.2, 0) is 0 Å². The maximum Gasteiger partial charge on any atom is 0.0653 e. The number of aliphatic hydroxyl groups is 1. The summed E-state index contributed by atoms with van der Waals surface area (Å²) < 4.78 is 23.1. The standard InChI is InChI=1S/C15H26O/c1-12(2)6-5-11-15(4,16)14-9-7-13(3)8-10-14/h6-7,14,16H,5,8-11H2,1-4H3/t14-,15+/m0/s1/i4D3. The predicted octanol–water partition coefficient (Wildman–Crippen LogP) is 4.23. The Bertz CT molecular complexity index is 364. The third-order valence-corrected chi connectivity index (χ3v) is 3.39. The average molecular weight is 225 g/mol. The molecule has 0 unspecified atom stereocenters. The van der Waals surface area contributed by atoms with Crippen molar-refractivity contribution in [3.05, 3.63) is 23.3 Å². The zero-order valence-corrected chi connectivity index (χ0v) is 10.7. The Morgan fingerprint density at radius 3 is 2.94 bits per heavy atom.